The lowest BCUT2D eigenvalue weighted by Gasteiger charge is -2.24. The smallest absolute Gasteiger partial charge is 0.102 e. The van der Waals surface area contributed by atoms with Crippen molar-refractivity contribution in [2.75, 3.05) is 6.67 Å². The third-order valence-corrected chi connectivity index (χ3v) is 2.85. The molecule has 1 fully saturated rings. The highest BCUT2D eigenvalue weighted by Crippen LogP contribution is 2.34. The van der Waals surface area contributed by atoms with Crippen molar-refractivity contribution in [2.24, 2.45) is 10.7 Å². The van der Waals surface area contributed by atoms with Gasteiger partial charge in [0.15, 0.2) is 0 Å². The Bertz CT molecular complexity index is 369. The quantitative estimate of drug-likeness (QED) is 0.757. The molecule has 0 unspecified atom stereocenters. The number of hydrogen-bond donors (Lipinski definition) is 1. The van der Waals surface area contributed by atoms with Gasteiger partial charge in [-0.15, -0.1) is 0 Å². The first kappa shape index (κ1) is 10.2. The van der Waals surface area contributed by atoms with Crippen LogP contribution in [-0.2, 0) is 0 Å². The number of aliphatic imine (C=N–C) groups is 1. The van der Waals surface area contributed by atoms with Gasteiger partial charge in [-0.2, -0.15) is 0 Å². The van der Waals surface area contributed by atoms with Gasteiger partial charge in [-0.05, 0) is 19.8 Å². The van der Waals surface area contributed by atoms with E-state index in [1.807, 2.05) is 13.1 Å². The van der Waals surface area contributed by atoms with Crippen molar-refractivity contribution >= 4 is 6.21 Å². The minimum absolute atomic E-state index is 0.297. The minimum Gasteiger partial charge on any atom is -0.312 e. The van der Waals surface area contributed by atoms with E-state index in [0.29, 0.717) is 12.6 Å². The summed E-state index contributed by atoms with van der Waals surface area (Å²) in [5.41, 5.74) is 8.18. The molecular formula is C11H16N4. The molecule has 4 heteroatoms. The summed E-state index contributed by atoms with van der Waals surface area (Å²) in [4.78, 5) is 12.9. The number of nitrogens with zero attached hydrogens (tertiary/aromatic N) is 3. The van der Waals surface area contributed by atoms with Gasteiger partial charge >= 0.3 is 0 Å². The maximum atomic E-state index is 5.29. The third-order valence-electron chi connectivity index (χ3n) is 2.85. The second-order valence-corrected chi connectivity index (χ2v) is 3.89. The van der Waals surface area contributed by atoms with E-state index in [0.717, 1.165) is 17.1 Å². The highest BCUT2D eigenvalue weighted by atomic mass is 14.9. The Morgan fingerprint density at radius 1 is 1.60 bits per heavy atom. The summed E-state index contributed by atoms with van der Waals surface area (Å²) in [5, 5.41) is 0. The molecule has 2 rings (SSSR count). The van der Waals surface area contributed by atoms with Crippen LogP contribution in [-0.4, -0.2) is 22.9 Å². The summed E-state index contributed by atoms with van der Waals surface area (Å²) < 4.78 is 0. The largest absolute Gasteiger partial charge is 0.312 e. The van der Waals surface area contributed by atoms with Crippen molar-refractivity contribution in [3.63, 3.8) is 0 Å². The van der Waals surface area contributed by atoms with E-state index in [2.05, 4.69) is 15.0 Å². The van der Waals surface area contributed by atoms with Gasteiger partial charge in [0.2, 0.25) is 0 Å². The molecule has 1 heterocycles. The highest BCUT2D eigenvalue weighted by molar-refractivity contribution is 5.78. The molecule has 0 amide bonds. The van der Waals surface area contributed by atoms with Crippen LogP contribution in [0.3, 0.4) is 0 Å². The molecule has 1 aliphatic rings. The molecule has 80 valence electrons. The Morgan fingerprint density at radius 3 is 2.93 bits per heavy atom. The normalized spacial score (nSPS) is 16.9. The Labute approximate surface area is 89.7 Å². The van der Waals surface area contributed by atoms with E-state index >= 15 is 0 Å². The van der Waals surface area contributed by atoms with Gasteiger partial charge in [-0.3, -0.25) is 15.0 Å². The van der Waals surface area contributed by atoms with Crippen LogP contribution in [0, 0.1) is 6.92 Å². The fourth-order valence-corrected chi connectivity index (χ4v) is 1.68. The zero-order chi connectivity index (χ0) is 10.7. The number of rotatable bonds is 3. The Kier molecular flexibility index (Phi) is 3.06. The Morgan fingerprint density at radius 2 is 2.40 bits per heavy atom. The first-order valence-electron chi connectivity index (χ1n) is 5.34. The number of aromatic nitrogens is 2. The van der Waals surface area contributed by atoms with E-state index in [4.69, 9.17) is 5.73 Å². The Hall–Kier alpha value is -1.29. The molecule has 0 aromatic carbocycles. The van der Waals surface area contributed by atoms with Crippen molar-refractivity contribution in [3.8, 4) is 0 Å². The average molecular weight is 204 g/mol. The zero-order valence-corrected chi connectivity index (χ0v) is 8.98. The summed E-state index contributed by atoms with van der Waals surface area (Å²) in [5.74, 6) is 0.636. The average Bonchev–Trinajstić information content (AvgIpc) is 2.14. The monoisotopic (exact) mass is 204 g/mol. The summed E-state index contributed by atoms with van der Waals surface area (Å²) in [6.07, 6.45) is 7.39. The zero-order valence-electron chi connectivity index (χ0n) is 8.98. The molecule has 1 saturated carbocycles. The van der Waals surface area contributed by atoms with Crippen LogP contribution in [0.2, 0.25) is 0 Å². The number of nitrogens with two attached hydrogens (primary N) is 1. The minimum atomic E-state index is 0.297. The van der Waals surface area contributed by atoms with Crippen LogP contribution >= 0.6 is 0 Å². The fraction of sp³-hybridized carbons (Fsp3) is 0.545. The van der Waals surface area contributed by atoms with Crippen molar-refractivity contribution in [1.29, 1.82) is 0 Å². The van der Waals surface area contributed by atoms with Crippen LogP contribution in [0.4, 0.5) is 0 Å². The Balaban J connectivity index is 2.18. The maximum Gasteiger partial charge on any atom is 0.102 e. The SMILES string of the molecule is Cc1nc(C2CCC2)cnc1/C=N\CN. The van der Waals surface area contributed by atoms with Crippen LogP contribution in [0.15, 0.2) is 11.2 Å². The van der Waals surface area contributed by atoms with Crippen molar-refractivity contribution in [1.82, 2.24) is 9.97 Å². The van der Waals surface area contributed by atoms with Gasteiger partial charge in [0.25, 0.3) is 0 Å². The van der Waals surface area contributed by atoms with Crippen molar-refractivity contribution in [3.05, 3.63) is 23.3 Å². The maximum absolute atomic E-state index is 5.29. The van der Waals surface area contributed by atoms with Gasteiger partial charge in [0.1, 0.15) is 5.69 Å². The molecule has 0 bridgehead atoms. The van der Waals surface area contributed by atoms with E-state index in [9.17, 15) is 0 Å². The molecule has 0 atom stereocenters. The van der Waals surface area contributed by atoms with E-state index < -0.39 is 0 Å². The lowest BCUT2D eigenvalue weighted by Crippen LogP contribution is -2.12. The molecule has 1 aliphatic carbocycles. The predicted molar refractivity (Wildman–Crippen MR) is 60.0 cm³/mol. The number of hydrogen-bond acceptors (Lipinski definition) is 4. The molecule has 0 saturated heterocycles. The molecule has 1 aromatic heterocycles. The van der Waals surface area contributed by atoms with E-state index in [1.54, 1.807) is 6.21 Å². The van der Waals surface area contributed by atoms with Crippen molar-refractivity contribution in [2.45, 2.75) is 32.1 Å². The van der Waals surface area contributed by atoms with Crippen LogP contribution in [0.25, 0.3) is 0 Å². The van der Waals surface area contributed by atoms with Crippen LogP contribution in [0.1, 0.15) is 42.3 Å². The molecule has 15 heavy (non-hydrogen) atoms. The van der Waals surface area contributed by atoms with E-state index in [-0.39, 0.29) is 0 Å². The standard InChI is InChI=1S/C11H16N4/c1-8-10(5-13-7-12)14-6-11(15-8)9-3-2-4-9/h5-6,9H,2-4,7,12H2,1H3/b13-5-. The van der Waals surface area contributed by atoms with Gasteiger partial charge in [0.05, 0.1) is 24.3 Å². The van der Waals surface area contributed by atoms with Gasteiger partial charge < -0.3 is 5.73 Å². The highest BCUT2D eigenvalue weighted by Gasteiger charge is 2.21. The van der Waals surface area contributed by atoms with Gasteiger partial charge in [-0.25, -0.2) is 0 Å². The summed E-state index contributed by atoms with van der Waals surface area (Å²) in [6, 6.07) is 0. The van der Waals surface area contributed by atoms with E-state index in [1.165, 1.54) is 19.3 Å². The first-order chi connectivity index (χ1) is 7.31. The van der Waals surface area contributed by atoms with Gasteiger partial charge in [0, 0.05) is 12.1 Å². The molecule has 4 nitrogen and oxygen atoms in total. The lowest BCUT2D eigenvalue weighted by molar-refractivity contribution is 0.409. The molecule has 2 N–H and O–H groups in total. The lowest BCUT2D eigenvalue weighted by atomic mass is 9.83. The summed E-state index contributed by atoms with van der Waals surface area (Å²) in [6.45, 7) is 2.26. The molecule has 1 aromatic rings. The van der Waals surface area contributed by atoms with Gasteiger partial charge in [-0.1, -0.05) is 6.42 Å². The topological polar surface area (TPSA) is 64.2 Å². The van der Waals surface area contributed by atoms with Crippen LogP contribution in [0.5, 0.6) is 0 Å². The summed E-state index contributed by atoms with van der Waals surface area (Å²) >= 11 is 0. The second kappa shape index (κ2) is 4.49. The first-order valence-corrected chi connectivity index (χ1v) is 5.34. The van der Waals surface area contributed by atoms with Crippen molar-refractivity contribution < 1.29 is 0 Å². The molecular weight excluding hydrogens is 188 g/mol. The predicted octanol–water partition coefficient (Wildman–Crippen LogP) is 1.39. The van der Waals surface area contributed by atoms with Crippen LogP contribution < -0.4 is 5.73 Å². The molecule has 0 radical (unpaired) electrons. The molecule has 0 spiro atoms. The molecule has 0 aliphatic heterocycles. The summed E-state index contributed by atoms with van der Waals surface area (Å²) in [7, 11) is 0. The number of aryl methyl sites for hydroxylation is 1. The third kappa shape index (κ3) is 2.21. The second-order valence-electron chi connectivity index (χ2n) is 3.89. The fourth-order valence-electron chi connectivity index (χ4n) is 1.68.